The van der Waals surface area contributed by atoms with Crippen LogP contribution in [0.25, 0.3) is 11.0 Å². The van der Waals surface area contributed by atoms with Crippen LogP contribution in [0.5, 0.6) is 11.5 Å². The number of aromatic amines is 1. The first-order chi connectivity index (χ1) is 28.0. The summed E-state index contributed by atoms with van der Waals surface area (Å²) in [5, 5.41) is 16.8. The number of halogens is 1. The van der Waals surface area contributed by atoms with Gasteiger partial charge in [-0.15, -0.1) is 0 Å². The summed E-state index contributed by atoms with van der Waals surface area (Å²) >= 11 is 6.64. The zero-order valence-electron chi connectivity index (χ0n) is 31.8. The molecule has 16 heteroatoms. The number of benzene rings is 3. The summed E-state index contributed by atoms with van der Waals surface area (Å²) in [4.78, 5) is 37.1. The van der Waals surface area contributed by atoms with E-state index in [2.05, 4.69) is 35.9 Å². The van der Waals surface area contributed by atoms with E-state index in [4.69, 9.17) is 21.1 Å². The lowest BCUT2D eigenvalue weighted by Crippen LogP contribution is -2.53. The number of hydrogen-bond acceptors (Lipinski definition) is 11. The molecule has 3 fully saturated rings. The third-order valence-corrected chi connectivity index (χ3v) is 13.8. The number of amides is 1. The molecule has 9 rings (SSSR count). The monoisotopic (exact) mass is 825 g/mol. The molecule has 2 aliphatic carbocycles. The van der Waals surface area contributed by atoms with Crippen LogP contribution in [-0.2, 0) is 21.2 Å². The van der Waals surface area contributed by atoms with E-state index in [1.54, 1.807) is 30.5 Å². The summed E-state index contributed by atoms with van der Waals surface area (Å²) in [5.74, 6) is -0.109. The van der Waals surface area contributed by atoms with Gasteiger partial charge < -0.3 is 24.7 Å². The summed E-state index contributed by atoms with van der Waals surface area (Å²) in [6.45, 7) is 5.12. The molecule has 2 aliphatic heterocycles. The first-order valence-electron chi connectivity index (χ1n) is 19.7. The smallest absolute Gasteiger partial charge is 0.293 e. The molecule has 1 spiro atoms. The van der Waals surface area contributed by atoms with Gasteiger partial charge in [0.15, 0.2) is 0 Å². The van der Waals surface area contributed by atoms with E-state index in [-0.39, 0.29) is 28.5 Å². The van der Waals surface area contributed by atoms with Crippen molar-refractivity contribution in [1.29, 1.82) is 0 Å². The van der Waals surface area contributed by atoms with Gasteiger partial charge in [0.2, 0.25) is 0 Å². The van der Waals surface area contributed by atoms with E-state index in [0.717, 1.165) is 100 Å². The fourth-order valence-corrected chi connectivity index (χ4v) is 10.4. The van der Waals surface area contributed by atoms with Crippen molar-refractivity contribution < 1.29 is 27.6 Å². The van der Waals surface area contributed by atoms with Crippen LogP contribution in [0.15, 0.2) is 84.0 Å². The quantitative estimate of drug-likeness (QED) is 0.0686. The molecule has 1 saturated carbocycles. The number of carbonyl (C=O) groups excluding carboxylic acids is 1. The van der Waals surface area contributed by atoms with Gasteiger partial charge in [-0.1, -0.05) is 30.2 Å². The van der Waals surface area contributed by atoms with Crippen LogP contribution in [0.2, 0.25) is 5.02 Å². The van der Waals surface area contributed by atoms with Gasteiger partial charge in [-0.3, -0.25) is 19.8 Å². The number of aromatic nitrogens is 2. The predicted octanol–water partition coefficient (Wildman–Crippen LogP) is 7.46. The molecular weight excluding hydrogens is 782 g/mol. The summed E-state index contributed by atoms with van der Waals surface area (Å²) < 4.78 is 41.1. The lowest BCUT2D eigenvalue weighted by atomic mass is 9.61. The Kier molecular flexibility index (Phi) is 10.2. The number of nitro groups is 1. The average Bonchev–Trinajstić information content (AvgIpc) is 3.54. The first kappa shape index (κ1) is 38.3. The van der Waals surface area contributed by atoms with Crippen LogP contribution in [0, 0.1) is 21.4 Å². The summed E-state index contributed by atoms with van der Waals surface area (Å²) in [6.07, 6.45) is 9.57. The molecule has 5 aromatic rings. The number of nitrogens with one attached hydrogen (secondary N) is 3. The van der Waals surface area contributed by atoms with Gasteiger partial charge in [0.1, 0.15) is 22.8 Å². The molecule has 0 radical (unpaired) electrons. The van der Waals surface area contributed by atoms with Crippen molar-refractivity contribution in [3.8, 4) is 11.5 Å². The molecule has 1 atom stereocenters. The molecule has 14 nitrogen and oxygen atoms in total. The number of hydrogen-bond donors (Lipinski definition) is 3. The molecule has 4 aliphatic rings. The molecular formula is C42H44ClN7O7S. The highest BCUT2D eigenvalue weighted by atomic mass is 35.5. The van der Waals surface area contributed by atoms with E-state index >= 15 is 0 Å². The van der Waals surface area contributed by atoms with Crippen molar-refractivity contribution in [2.24, 2.45) is 11.3 Å². The highest BCUT2D eigenvalue weighted by Crippen LogP contribution is 2.50. The molecule has 58 heavy (non-hydrogen) atoms. The fraction of sp³-hybridized carbons (Fsp3) is 0.381. The molecule has 2 aromatic heterocycles. The van der Waals surface area contributed by atoms with Crippen molar-refractivity contribution in [3.63, 3.8) is 0 Å². The number of carbonyl (C=O) groups is 1. The number of rotatable bonds is 11. The van der Waals surface area contributed by atoms with Crippen LogP contribution in [0.3, 0.4) is 0 Å². The van der Waals surface area contributed by atoms with Crippen LogP contribution in [0.4, 0.5) is 17.1 Å². The third-order valence-electron chi connectivity index (χ3n) is 12.1. The van der Waals surface area contributed by atoms with E-state index < -0.39 is 31.4 Å². The van der Waals surface area contributed by atoms with Gasteiger partial charge in [-0.25, -0.2) is 18.1 Å². The van der Waals surface area contributed by atoms with E-state index in [0.29, 0.717) is 23.9 Å². The number of pyridine rings is 1. The second-order valence-electron chi connectivity index (χ2n) is 16.0. The van der Waals surface area contributed by atoms with Crippen LogP contribution >= 0.6 is 11.6 Å². The topological polar surface area (TPSA) is 172 Å². The standard InChI is InChI=1S/C42H44ClN7O7S/c43-35-6-3-5-33-32(35)4-1-2-7-37(33)49-16-14-48(15-17-49)29-8-10-34(39(19-29)57-30-18-28-12-13-44-40(28)46-24-30)41(51)47-58(54,55)31-9-11-36(38(20-31)50(52)53)45-23-27-21-42(22-27)25-56-26-42/h3,5-6,8-13,18-20,24,27,37,45H,1-2,4,7,14-17,21-23,25-26H2,(H,44,46)(H,47,51)/t37-/m1/s1. The van der Waals surface area contributed by atoms with Crippen LogP contribution < -0.4 is 19.7 Å². The molecule has 2 saturated heterocycles. The van der Waals surface area contributed by atoms with Crippen LogP contribution in [0.1, 0.15) is 59.6 Å². The van der Waals surface area contributed by atoms with E-state index in [1.165, 1.54) is 29.5 Å². The summed E-state index contributed by atoms with van der Waals surface area (Å²) in [6, 6.07) is 18.8. The van der Waals surface area contributed by atoms with Gasteiger partial charge in [-0.05, 0) is 91.6 Å². The van der Waals surface area contributed by atoms with Crippen molar-refractivity contribution in [2.45, 2.75) is 49.5 Å². The Labute approximate surface area is 341 Å². The zero-order chi connectivity index (χ0) is 40.0. The lowest BCUT2D eigenvalue weighted by Gasteiger charge is -2.53. The summed E-state index contributed by atoms with van der Waals surface area (Å²) in [7, 11) is -4.54. The fourth-order valence-electron chi connectivity index (χ4n) is 9.10. The molecule has 0 unspecified atom stereocenters. The number of piperazine rings is 1. The molecule has 1 amide bonds. The highest BCUT2D eigenvalue weighted by Gasteiger charge is 2.49. The lowest BCUT2D eigenvalue weighted by molar-refractivity contribution is -0.384. The minimum Gasteiger partial charge on any atom is -0.455 e. The van der Waals surface area contributed by atoms with Crippen molar-refractivity contribution in [2.75, 3.05) is 56.2 Å². The Hall–Kier alpha value is -5.22. The van der Waals surface area contributed by atoms with Gasteiger partial charge in [-0.2, -0.15) is 0 Å². The third kappa shape index (κ3) is 7.59. The molecule has 4 heterocycles. The number of fused-ring (bicyclic) bond motifs is 2. The van der Waals surface area contributed by atoms with Crippen molar-refractivity contribution in [1.82, 2.24) is 19.6 Å². The first-order valence-corrected chi connectivity index (χ1v) is 21.6. The molecule has 0 bridgehead atoms. The Bertz CT molecular complexity index is 2490. The van der Waals surface area contributed by atoms with Gasteiger partial charge in [0, 0.05) is 78.6 Å². The van der Waals surface area contributed by atoms with Crippen molar-refractivity contribution >= 4 is 55.6 Å². The maximum Gasteiger partial charge on any atom is 0.293 e. The normalized spacial score (nSPS) is 19.5. The van der Waals surface area contributed by atoms with Crippen LogP contribution in [-0.4, -0.2) is 80.1 Å². The van der Waals surface area contributed by atoms with Gasteiger partial charge in [0.25, 0.3) is 21.6 Å². The largest absolute Gasteiger partial charge is 0.455 e. The van der Waals surface area contributed by atoms with E-state index in [1.807, 2.05) is 18.2 Å². The number of sulfonamides is 1. The summed E-state index contributed by atoms with van der Waals surface area (Å²) in [5.41, 5.74) is 4.08. The second-order valence-corrected chi connectivity index (χ2v) is 18.1. The molecule has 302 valence electrons. The maximum atomic E-state index is 13.9. The SMILES string of the molecule is O=C(NS(=O)(=O)c1ccc(NCC2CC3(COC3)C2)c([N+](=O)[O-])c1)c1ccc(N2CCN([C@@H]3CCCCc4c(Cl)cccc43)CC2)cc1Oc1cnc2[nH]ccc2c1. The van der Waals surface area contributed by atoms with E-state index in [9.17, 15) is 23.3 Å². The van der Waals surface area contributed by atoms with Gasteiger partial charge >= 0.3 is 0 Å². The minimum absolute atomic E-state index is 0.0324. The number of nitro benzene ring substituents is 1. The minimum atomic E-state index is -4.54. The highest BCUT2D eigenvalue weighted by molar-refractivity contribution is 7.90. The molecule has 3 N–H and O–H groups in total. The molecule has 3 aromatic carbocycles. The zero-order valence-corrected chi connectivity index (χ0v) is 33.4. The second kappa shape index (κ2) is 15.5. The van der Waals surface area contributed by atoms with Gasteiger partial charge in [0.05, 0.1) is 34.8 Å². The predicted molar refractivity (Wildman–Crippen MR) is 220 cm³/mol. The number of H-pyrrole nitrogens is 1. The van der Waals surface area contributed by atoms with Crippen molar-refractivity contribution in [3.05, 3.63) is 111 Å². The maximum absolute atomic E-state index is 13.9. The Morgan fingerprint density at radius 3 is 2.66 bits per heavy atom. The number of ether oxygens (including phenoxy) is 2. The Morgan fingerprint density at radius 2 is 1.88 bits per heavy atom. The Balaban J connectivity index is 0.935. The average molecular weight is 826 g/mol. The Morgan fingerprint density at radius 1 is 1.05 bits per heavy atom. The number of anilines is 2. The number of nitrogens with zero attached hydrogens (tertiary/aromatic N) is 4.